The van der Waals surface area contributed by atoms with Gasteiger partial charge in [0.1, 0.15) is 18.2 Å². The van der Waals surface area contributed by atoms with E-state index in [4.69, 9.17) is 4.74 Å². The summed E-state index contributed by atoms with van der Waals surface area (Å²) in [7, 11) is 0. The number of ether oxygens (including phenoxy) is 1. The summed E-state index contributed by atoms with van der Waals surface area (Å²) in [6, 6.07) is 4.51. The van der Waals surface area contributed by atoms with Gasteiger partial charge in [-0.25, -0.2) is 4.39 Å². The third-order valence-electron chi connectivity index (χ3n) is 3.18. The van der Waals surface area contributed by atoms with Crippen molar-refractivity contribution in [2.24, 2.45) is 0 Å². The molecular weight excluding hydrogens is 287 g/mol. The van der Waals surface area contributed by atoms with Gasteiger partial charge in [-0.1, -0.05) is 19.3 Å². The Morgan fingerprint density at radius 3 is 2.65 bits per heavy atom. The summed E-state index contributed by atoms with van der Waals surface area (Å²) in [5.41, 5.74) is -0.709. The first kappa shape index (κ1) is 12.8. The molecule has 17 heavy (non-hydrogen) atoms. The number of rotatable bonds is 3. The first-order valence-electron chi connectivity index (χ1n) is 5.89. The molecule has 0 saturated heterocycles. The topological polar surface area (TPSA) is 29.5 Å². The van der Waals surface area contributed by atoms with Crippen molar-refractivity contribution in [1.29, 1.82) is 0 Å². The van der Waals surface area contributed by atoms with Gasteiger partial charge in [-0.2, -0.15) is 0 Å². The molecule has 1 fully saturated rings. The number of aliphatic hydroxyl groups is 1. The highest BCUT2D eigenvalue weighted by molar-refractivity contribution is 9.10. The molecule has 0 aromatic heterocycles. The maximum absolute atomic E-state index is 13.0. The Morgan fingerprint density at radius 1 is 1.29 bits per heavy atom. The van der Waals surface area contributed by atoms with Crippen molar-refractivity contribution in [3.63, 3.8) is 0 Å². The van der Waals surface area contributed by atoms with Crippen LogP contribution in [0.3, 0.4) is 0 Å². The van der Waals surface area contributed by atoms with E-state index in [9.17, 15) is 9.50 Å². The lowest BCUT2D eigenvalue weighted by molar-refractivity contribution is -0.0339. The minimum Gasteiger partial charge on any atom is -0.491 e. The fourth-order valence-corrected chi connectivity index (χ4v) is 2.50. The van der Waals surface area contributed by atoms with E-state index < -0.39 is 5.60 Å². The van der Waals surface area contributed by atoms with E-state index in [1.54, 1.807) is 12.1 Å². The highest BCUT2D eigenvalue weighted by atomic mass is 79.9. The quantitative estimate of drug-likeness (QED) is 0.923. The smallest absolute Gasteiger partial charge is 0.137 e. The second kappa shape index (κ2) is 5.36. The largest absolute Gasteiger partial charge is 0.491 e. The minimum absolute atomic E-state index is 0.283. The molecule has 1 saturated carbocycles. The summed E-state index contributed by atoms with van der Waals surface area (Å²) in [4.78, 5) is 0. The number of hydrogen-bond acceptors (Lipinski definition) is 2. The van der Waals surface area contributed by atoms with E-state index >= 15 is 0 Å². The Labute approximate surface area is 109 Å². The van der Waals surface area contributed by atoms with Gasteiger partial charge in [0.2, 0.25) is 0 Å². The first-order chi connectivity index (χ1) is 8.09. The zero-order valence-electron chi connectivity index (χ0n) is 9.59. The van der Waals surface area contributed by atoms with Crippen molar-refractivity contribution in [2.45, 2.75) is 37.7 Å². The summed E-state index contributed by atoms with van der Waals surface area (Å²) in [6.07, 6.45) is 4.86. The van der Waals surface area contributed by atoms with Crippen LogP contribution in [-0.4, -0.2) is 17.3 Å². The Morgan fingerprint density at radius 2 is 2.00 bits per heavy atom. The zero-order chi connectivity index (χ0) is 12.3. The fourth-order valence-electron chi connectivity index (χ4n) is 2.14. The number of benzene rings is 1. The number of halogens is 2. The van der Waals surface area contributed by atoms with E-state index in [0.29, 0.717) is 10.2 Å². The molecule has 0 radical (unpaired) electrons. The van der Waals surface area contributed by atoms with E-state index in [0.717, 1.165) is 25.7 Å². The molecule has 0 bridgehead atoms. The first-order valence-corrected chi connectivity index (χ1v) is 6.69. The van der Waals surface area contributed by atoms with Crippen LogP contribution in [0.15, 0.2) is 22.7 Å². The molecule has 1 aromatic carbocycles. The van der Waals surface area contributed by atoms with Gasteiger partial charge in [-0.15, -0.1) is 0 Å². The second-order valence-electron chi connectivity index (χ2n) is 4.65. The van der Waals surface area contributed by atoms with Crippen LogP contribution in [0.1, 0.15) is 32.1 Å². The Hall–Kier alpha value is -0.610. The molecule has 2 rings (SSSR count). The van der Waals surface area contributed by atoms with Crippen LogP contribution in [-0.2, 0) is 0 Å². The monoisotopic (exact) mass is 302 g/mol. The lowest BCUT2D eigenvalue weighted by Crippen LogP contribution is -2.37. The number of hydrogen-bond donors (Lipinski definition) is 1. The van der Waals surface area contributed by atoms with E-state index in [-0.39, 0.29) is 12.4 Å². The average Bonchev–Trinajstić information content (AvgIpc) is 2.32. The highest BCUT2D eigenvalue weighted by Gasteiger charge is 2.29. The SMILES string of the molecule is OC1(COc2ccc(F)c(Br)c2)CCCCC1. The molecule has 94 valence electrons. The molecule has 1 aliphatic rings. The molecule has 0 spiro atoms. The van der Waals surface area contributed by atoms with E-state index in [1.807, 2.05) is 0 Å². The predicted molar refractivity (Wildman–Crippen MR) is 67.6 cm³/mol. The van der Waals surface area contributed by atoms with E-state index in [2.05, 4.69) is 15.9 Å². The van der Waals surface area contributed by atoms with Gasteiger partial charge in [0, 0.05) is 0 Å². The van der Waals surface area contributed by atoms with Crippen LogP contribution in [0.2, 0.25) is 0 Å². The molecule has 0 amide bonds. The van der Waals surface area contributed by atoms with Crippen LogP contribution in [0, 0.1) is 5.82 Å². The Bertz CT molecular complexity index is 389. The van der Waals surface area contributed by atoms with Crippen molar-refractivity contribution in [3.8, 4) is 5.75 Å². The van der Waals surface area contributed by atoms with Gasteiger partial charge in [0.25, 0.3) is 0 Å². The third-order valence-corrected chi connectivity index (χ3v) is 3.79. The summed E-state index contributed by atoms with van der Waals surface area (Å²) < 4.78 is 18.9. The maximum atomic E-state index is 13.0. The van der Waals surface area contributed by atoms with E-state index in [1.165, 1.54) is 12.5 Å². The minimum atomic E-state index is -0.709. The lowest BCUT2D eigenvalue weighted by Gasteiger charge is -2.31. The van der Waals surface area contributed by atoms with Crippen LogP contribution in [0.25, 0.3) is 0 Å². The van der Waals surface area contributed by atoms with Crippen LogP contribution < -0.4 is 4.74 Å². The maximum Gasteiger partial charge on any atom is 0.137 e. The molecule has 0 aliphatic heterocycles. The van der Waals surface area contributed by atoms with Gasteiger partial charge < -0.3 is 9.84 Å². The zero-order valence-corrected chi connectivity index (χ0v) is 11.2. The fraction of sp³-hybridized carbons (Fsp3) is 0.538. The van der Waals surface area contributed by atoms with Gasteiger partial charge in [-0.05, 0) is 47.0 Å². The molecule has 1 N–H and O–H groups in total. The van der Waals surface area contributed by atoms with Crippen molar-refractivity contribution in [2.75, 3.05) is 6.61 Å². The summed E-state index contributed by atoms with van der Waals surface area (Å²) in [6.45, 7) is 0.283. The molecule has 2 nitrogen and oxygen atoms in total. The van der Waals surface area contributed by atoms with Crippen molar-refractivity contribution in [1.82, 2.24) is 0 Å². The second-order valence-corrected chi connectivity index (χ2v) is 5.50. The van der Waals surface area contributed by atoms with Gasteiger partial charge in [-0.3, -0.25) is 0 Å². The van der Waals surface area contributed by atoms with Crippen LogP contribution >= 0.6 is 15.9 Å². The lowest BCUT2D eigenvalue weighted by atomic mass is 9.85. The molecule has 1 aliphatic carbocycles. The summed E-state index contributed by atoms with van der Waals surface area (Å²) >= 11 is 3.11. The molecule has 0 unspecified atom stereocenters. The van der Waals surface area contributed by atoms with Gasteiger partial charge >= 0.3 is 0 Å². The summed E-state index contributed by atoms with van der Waals surface area (Å²) in [5, 5.41) is 10.2. The molecule has 1 aromatic rings. The Balaban J connectivity index is 1.94. The molecular formula is C13H16BrFO2. The Kier molecular flexibility index (Phi) is 4.05. The van der Waals surface area contributed by atoms with Crippen LogP contribution in [0.4, 0.5) is 4.39 Å². The summed E-state index contributed by atoms with van der Waals surface area (Å²) in [5.74, 6) is 0.269. The highest BCUT2D eigenvalue weighted by Crippen LogP contribution is 2.29. The van der Waals surface area contributed by atoms with Gasteiger partial charge in [0.15, 0.2) is 0 Å². The molecule has 4 heteroatoms. The standard InChI is InChI=1S/C13H16BrFO2/c14-11-8-10(4-5-12(11)15)17-9-13(16)6-2-1-3-7-13/h4-5,8,16H,1-3,6-7,9H2. The molecule has 0 atom stereocenters. The van der Waals surface area contributed by atoms with Crippen molar-refractivity contribution < 1.29 is 14.2 Å². The normalized spacial score (nSPS) is 19.0. The predicted octanol–water partition coefficient (Wildman–Crippen LogP) is 3.66. The average molecular weight is 303 g/mol. The van der Waals surface area contributed by atoms with Crippen molar-refractivity contribution >= 4 is 15.9 Å². The van der Waals surface area contributed by atoms with Crippen LogP contribution in [0.5, 0.6) is 5.75 Å². The van der Waals surface area contributed by atoms with Gasteiger partial charge in [0.05, 0.1) is 10.1 Å². The third kappa shape index (κ3) is 3.42. The molecule has 0 heterocycles. The van der Waals surface area contributed by atoms with Crippen molar-refractivity contribution in [3.05, 3.63) is 28.5 Å².